The number of carbonyl (C=O) groups excluding carboxylic acids is 1. The third-order valence-electron chi connectivity index (χ3n) is 2.93. The molecule has 0 spiro atoms. The van der Waals surface area contributed by atoms with E-state index in [-0.39, 0.29) is 0 Å². The summed E-state index contributed by atoms with van der Waals surface area (Å²) in [5, 5.41) is 9.87. The number of hydrogen-bond donors (Lipinski definition) is 1. The van der Waals surface area contributed by atoms with Crippen LogP contribution in [-0.2, 0) is 4.74 Å². The van der Waals surface area contributed by atoms with Crippen LogP contribution >= 0.6 is 0 Å². The van der Waals surface area contributed by atoms with Gasteiger partial charge in [-0.05, 0) is 24.3 Å². The van der Waals surface area contributed by atoms with Crippen molar-refractivity contribution in [2.24, 2.45) is 0 Å². The highest BCUT2D eigenvalue weighted by Crippen LogP contribution is 2.24. The summed E-state index contributed by atoms with van der Waals surface area (Å²) in [6.45, 7) is 0. The molecule has 3 heterocycles. The van der Waals surface area contributed by atoms with E-state index in [1.807, 2.05) is 0 Å². The lowest BCUT2D eigenvalue weighted by atomic mass is 10.2. The second kappa shape index (κ2) is 5.06. The number of ether oxygens (including phenoxy) is 1. The third-order valence-corrected chi connectivity index (χ3v) is 2.93. The number of allylic oxidation sites excluding steroid dienone is 1. The number of furan rings is 2. The maximum Gasteiger partial charge on any atom is 0.354 e. The Bertz CT molecular complexity index is 828. The molecular weight excluding hydrogens is 272 g/mol. The first-order chi connectivity index (χ1) is 10.2. The van der Waals surface area contributed by atoms with Gasteiger partial charge in [0.15, 0.2) is 0 Å². The fourth-order valence-corrected chi connectivity index (χ4v) is 1.97. The second-order valence-electron chi connectivity index (χ2n) is 4.25. The molecule has 21 heavy (non-hydrogen) atoms. The first kappa shape index (κ1) is 12.8. The van der Waals surface area contributed by atoms with Gasteiger partial charge in [-0.1, -0.05) is 0 Å². The minimum absolute atomic E-state index is 0.313. The number of nitrogens with zero attached hydrogens (tertiary/aromatic N) is 1. The van der Waals surface area contributed by atoms with Gasteiger partial charge in [-0.25, -0.2) is 4.79 Å². The van der Waals surface area contributed by atoms with Gasteiger partial charge in [-0.2, -0.15) is 5.26 Å². The quantitative estimate of drug-likeness (QED) is 0.588. The molecule has 0 aliphatic rings. The molecule has 3 rings (SSSR count). The number of esters is 1. The molecule has 0 saturated carbocycles. The topological polar surface area (TPSA) is 92.2 Å². The molecule has 0 aliphatic carbocycles. The summed E-state index contributed by atoms with van der Waals surface area (Å²) in [7, 11) is 1.31. The maximum absolute atomic E-state index is 11.4. The molecule has 0 bridgehead atoms. The molecule has 0 saturated heterocycles. The predicted octanol–water partition coefficient (Wildman–Crippen LogP) is 3.20. The molecule has 6 heteroatoms. The van der Waals surface area contributed by atoms with Crippen molar-refractivity contribution < 1.29 is 18.4 Å². The lowest BCUT2D eigenvalue weighted by molar-refractivity contribution is 0.0595. The standard InChI is InChI=1S/C15H10N2O4/c1-19-15(18)12-7-9-5-11(21-14(9)17-12)6-10(8-16)13-3-2-4-20-13/h2-7,17H,1H3/b10-6+. The van der Waals surface area contributed by atoms with Gasteiger partial charge in [0.25, 0.3) is 0 Å². The van der Waals surface area contributed by atoms with Crippen LogP contribution in [0.2, 0.25) is 0 Å². The summed E-state index contributed by atoms with van der Waals surface area (Å²) in [6, 6.07) is 8.80. The SMILES string of the molecule is COC(=O)c1cc2cc(/C=C(\C#N)c3ccco3)oc2[nH]1. The Balaban J connectivity index is 1.97. The molecule has 104 valence electrons. The van der Waals surface area contributed by atoms with E-state index >= 15 is 0 Å². The first-order valence-electron chi connectivity index (χ1n) is 6.08. The molecule has 0 unspecified atom stereocenters. The van der Waals surface area contributed by atoms with Gasteiger partial charge >= 0.3 is 5.97 Å². The van der Waals surface area contributed by atoms with Crippen LogP contribution in [0.5, 0.6) is 0 Å². The van der Waals surface area contributed by atoms with Crippen molar-refractivity contribution in [1.82, 2.24) is 4.98 Å². The molecule has 0 aromatic carbocycles. The van der Waals surface area contributed by atoms with Crippen molar-refractivity contribution in [2.45, 2.75) is 0 Å². The Kier molecular flexibility index (Phi) is 3.09. The number of nitrogens with one attached hydrogen (secondary N) is 1. The van der Waals surface area contributed by atoms with E-state index in [4.69, 9.17) is 14.1 Å². The number of carbonyl (C=O) groups is 1. The van der Waals surface area contributed by atoms with E-state index in [9.17, 15) is 4.79 Å². The normalized spacial score (nSPS) is 11.5. The Morgan fingerprint density at radius 2 is 2.33 bits per heavy atom. The zero-order valence-electron chi connectivity index (χ0n) is 11.0. The van der Waals surface area contributed by atoms with E-state index in [0.717, 1.165) is 5.39 Å². The van der Waals surface area contributed by atoms with Crippen molar-refractivity contribution >= 4 is 28.7 Å². The highest BCUT2D eigenvalue weighted by atomic mass is 16.5. The van der Waals surface area contributed by atoms with Gasteiger partial charge in [-0.15, -0.1) is 0 Å². The van der Waals surface area contributed by atoms with Gasteiger partial charge < -0.3 is 18.6 Å². The number of H-pyrrole nitrogens is 1. The van der Waals surface area contributed by atoms with Crippen molar-refractivity contribution in [3.63, 3.8) is 0 Å². The maximum atomic E-state index is 11.4. The fourth-order valence-electron chi connectivity index (χ4n) is 1.97. The van der Waals surface area contributed by atoms with Gasteiger partial charge in [0, 0.05) is 11.5 Å². The molecule has 0 fully saturated rings. The number of fused-ring (bicyclic) bond motifs is 1. The second-order valence-corrected chi connectivity index (χ2v) is 4.25. The minimum atomic E-state index is -0.466. The largest absolute Gasteiger partial charge is 0.464 e. The van der Waals surface area contributed by atoms with Gasteiger partial charge in [0.2, 0.25) is 5.71 Å². The Morgan fingerprint density at radius 3 is 2.95 bits per heavy atom. The van der Waals surface area contributed by atoms with E-state index < -0.39 is 5.97 Å². The number of rotatable bonds is 3. The van der Waals surface area contributed by atoms with Gasteiger partial charge in [0.1, 0.15) is 23.3 Å². The molecule has 6 nitrogen and oxygen atoms in total. The highest BCUT2D eigenvalue weighted by Gasteiger charge is 2.13. The third kappa shape index (κ3) is 2.32. The van der Waals surface area contributed by atoms with Crippen molar-refractivity contribution in [2.75, 3.05) is 7.11 Å². The molecule has 0 atom stereocenters. The van der Waals surface area contributed by atoms with E-state index in [1.54, 1.807) is 30.3 Å². The van der Waals surface area contributed by atoms with E-state index in [2.05, 4.69) is 15.8 Å². The molecule has 3 aromatic heterocycles. The monoisotopic (exact) mass is 282 g/mol. The molecule has 0 amide bonds. The summed E-state index contributed by atoms with van der Waals surface area (Å²) in [5.74, 6) is 0.486. The van der Waals surface area contributed by atoms with Crippen molar-refractivity contribution in [3.05, 3.63) is 47.7 Å². The van der Waals surface area contributed by atoms with Crippen molar-refractivity contribution in [1.29, 1.82) is 5.26 Å². The Hall–Kier alpha value is -3.20. The number of methoxy groups -OCH3 is 1. The zero-order chi connectivity index (χ0) is 14.8. The summed E-state index contributed by atoms with van der Waals surface area (Å²) in [5.41, 5.74) is 1.11. The van der Waals surface area contributed by atoms with Crippen LogP contribution in [-0.4, -0.2) is 18.1 Å². The molecule has 1 N–H and O–H groups in total. The first-order valence-corrected chi connectivity index (χ1v) is 6.08. The summed E-state index contributed by atoms with van der Waals surface area (Å²) >= 11 is 0. The highest BCUT2D eigenvalue weighted by molar-refractivity contribution is 5.95. The zero-order valence-corrected chi connectivity index (χ0v) is 11.0. The number of nitriles is 1. The Labute approximate surface area is 119 Å². The average Bonchev–Trinajstić information content (AvgIpc) is 3.18. The van der Waals surface area contributed by atoms with Gasteiger partial charge in [0.05, 0.1) is 18.9 Å². The number of aromatic amines is 1. The van der Waals surface area contributed by atoms with Gasteiger partial charge in [-0.3, -0.25) is 0 Å². The summed E-state index contributed by atoms with van der Waals surface area (Å²) in [4.78, 5) is 14.2. The lowest BCUT2D eigenvalue weighted by Gasteiger charge is -1.93. The predicted molar refractivity (Wildman–Crippen MR) is 74.1 cm³/mol. The van der Waals surface area contributed by atoms with Crippen LogP contribution in [0.3, 0.4) is 0 Å². The van der Waals surface area contributed by atoms with E-state index in [0.29, 0.717) is 28.5 Å². The van der Waals surface area contributed by atoms with E-state index in [1.165, 1.54) is 13.4 Å². The average molecular weight is 282 g/mol. The summed E-state index contributed by atoms with van der Waals surface area (Å²) in [6.07, 6.45) is 3.07. The fraction of sp³-hybridized carbons (Fsp3) is 0.0667. The smallest absolute Gasteiger partial charge is 0.354 e. The summed E-state index contributed by atoms with van der Waals surface area (Å²) < 4.78 is 15.3. The van der Waals surface area contributed by atoms with Crippen molar-refractivity contribution in [3.8, 4) is 6.07 Å². The Morgan fingerprint density at radius 1 is 1.48 bits per heavy atom. The van der Waals surface area contributed by atoms with Crippen LogP contribution in [0, 0.1) is 11.3 Å². The van der Waals surface area contributed by atoms with Crippen LogP contribution < -0.4 is 0 Å². The number of hydrogen-bond acceptors (Lipinski definition) is 5. The molecule has 0 radical (unpaired) electrons. The number of aromatic nitrogens is 1. The van der Waals surface area contributed by atoms with Crippen LogP contribution in [0.1, 0.15) is 22.0 Å². The van der Waals surface area contributed by atoms with Crippen LogP contribution in [0.4, 0.5) is 0 Å². The molecule has 3 aromatic rings. The van der Waals surface area contributed by atoms with Crippen LogP contribution in [0.25, 0.3) is 22.7 Å². The molecular formula is C15H10N2O4. The molecule has 0 aliphatic heterocycles. The van der Waals surface area contributed by atoms with Crippen LogP contribution in [0.15, 0.2) is 39.4 Å². The lowest BCUT2D eigenvalue weighted by Crippen LogP contribution is -2.00. The minimum Gasteiger partial charge on any atom is -0.464 e.